The molecular weight excluding hydrogens is 236 g/mol. The van der Waals surface area contributed by atoms with Crippen LogP contribution in [0, 0.1) is 6.92 Å². The molecule has 0 aliphatic rings. The lowest BCUT2D eigenvalue weighted by atomic mass is 10.2. The number of aryl methyl sites for hydroxylation is 1. The van der Waals surface area contributed by atoms with Crippen molar-refractivity contribution in [2.45, 2.75) is 26.7 Å². The second-order valence-electron chi connectivity index (χ2n) is 3.70. The second-order valence-corrected chi connectivity index (χ2v) is 4.76. The lowest BCUT2D eigenvalue weighted by Gasteiger charge is -2.01. The van der Waals surface area contributed by atoms with Crippen molar-refractivity contribution in [2.24, 2.45) is 0 Å². The van der Waals surface area contributed by atoms with Crippen LogP contribution in [0.4, 0.5) is 0 Å². The van der Waals surface area contributed by atoms with Crippen LogP contribution in [-0.4, -0.2) is 29.1 Å². The monoisotopic (exact) mass is 254 g/mol. The van der Waals surface area contributed by atoms with Crippen LogP contribution in [0.15, 0.2) is 17.0 Å². The molecule has 0 amide bonds. The molecule has 0 aromatic carbocycles. The van der Waals surface area contributed by atoms with Gasteiger partial charge in [0.1, 0.15) is 0 Å². The normalized spacial score (nSPS) is 11.8. The first-order valence-corrected chi connectivity index (χ1v) is 6.55. The highest BCUT2D eigenvalue weighted by Crippen LogP contribution is 2.07. The van der Waals surface area contributed by atoms with Crippen molar-refractivity contribution < 1.29 is 9.90 Å². The quantitative estimate of drug-likeness (QED) is 0.577. The van der Waals surface area contributed by atoms with Gasteiger partial charge in [0.05, 0.1) is 10.7 Å². The van der Waals surface area contributed by atoms with Crippen molar-refractivity contribution in [3.05, 3.63) is 27.7 Å². The maximum atomic E-state index is 10.7. The van der Waals surface area contributed by atoms with Gasteiger partial charge in [-0.2, -0.15) is 0 Å². The number of hydrogen-bond donors (Lipinski definition) is 2. The van der Waals surface area contributed by atoms with Gasteiger partial charge in [0, 0.05) is 30.5 Å². The molecule has 17 heavy (non-hydrogen) atoms. The van der Waals surface area contributed by atoms with E-state index in [0.717, 1.165) is 23.7 Å². The average molecular weight is 254 g/mol. The second kappa shape index (κ2) is 7.19. The van der Waals surface area contributed by atoms with Gasteiger partial charge in [0.25, 0.3) is 0 Å². The van der Waals surface area contributed by atoms with Gasteiger partial charge in [0.15, 0.2) is 0 Å². The van der Waals surface area contributed by atoms with Gasteiger partial charge < -0.3 is 10.4 Å². The first kappa shape index (κ1) is 13.9. The van der Waals surface area contributed by atoms with Crippen molar-refractivity contribution in [1.29, 1.82) is 0 Å². The van der Waals surface area contributed by atoms with Gasteiger partial charge in [-0.15, -0.1) is 11.3 Å². The van der Waals surface area contributed by atoms with E-state index < -0.39 is 5.97 Å². The molecule has 5 heteroatoms. The summed E-state index contributed by atoms with van der Waals surface area (Å²) in [5.41, 5.74) is 1.56. The fourth-order valence-electron chi connectivity index (χ4n) is 1.42. The van der Waals surface area contributed by atoms with Crippen LogP contribution in [0.1, 0.15) is 24.0 Å². The van der Waals surface area contributed by atoms with Gasteiger partial charge in [-0.3, -0.25) is 0 Å². The highest BCUT2D eigenvalue weighted by Gasteiger charge is 2.02. The predicted molar refractivity (Wildman–Crippen MR) is 69.4 cm³/mol. The molecule has 1 aromatic heterocycles. The number of carbonyl (C=O) groups is 1. The van der Waals surface area contributed by atoms with Crippen LogP contribution in [0.25, 0.3) is 0 Å². The zero-order valence-corrected chi connectivity index (χ0v) is 11.0. The lowest BCUT2D eigenvalue weighted by molar-refractivity contribution is -0.132. The molecule has 0 saturated carbocycles. The Labute approximate surface area is 105 Å². The number of carboxylic acids is 1. The lowest BCUT2D eigenvalue weighted by Crippen LogP contribution is -2.18. The molecule has 0 spiro atoms. The summed E-state index contributed by atoms with van der Waals surface area (Å²) >= 11 is 1.65. The Kier molecular flexibility index (Phi) is 5.86. The van der Waals surface area contributed by atoms with E-state index in [4.69, 9.17) is 5.11 Å². The third-order valence-electron chi connectivity index (χ3n) is 2.37. The van der Waals surface area contributed by atoms with E-state index in [0.29, 0.717) is 18.5 Å². The van der Waals surface area contributed by atoms with Crippen molar-refractivity contribution in [3.8, 4) is 0 Å². The van der Waals surface area contributed by atoms with Crippen LogP contribution in [0.5, 0.6) is 0 Å². The minimum atomic E-state index is -0.829. The number of nitrogens with one attached hydrogen (secondary N) is 1. The van der Waals surface area contributed by atoms with Gasteiger partial charge in [0.2, 0.25) is 0 Å². The molecule has 0 aliphatic carbocycles. The van der Waals surface area contributed by atoms with Gasteiger partial charge in [-0.1, -0.05) is 13.0 Å². The summed E-state index contributed by atoms with van der Waals surface area (Å²) < 4.78 is 0. The zero-order valence-electron chi connectivity index (χ0n) is 10.2. The summed E-state index contributed by atoms with van der Waals surface area (Å²) in [5, 5.41) is 15.1. The van der Waals surface area contributed by atoms with Gasteiger partial charge in [-0.05, 0) is 13.3 Å². The standard InChI is InChI=1S/C12H18N2O2S/c1-3-10(12(15)16)4-6-13-7-5-11-8-17-9(2)14-11/h4,8,13H,3,5-7H2,1-2H3,(H,15,16). The van der Waals surface area contributed by atoms with Crippen molar-refractivity contribution in [3.63, 3.8) is 0 Å². The van der Waals surface area contributed by atoms with Gasteiger partial charge >= 0.3 is 5.97 Å². The van der Waals surface area contributed by atoms with Crippen molar-refractivity contribution in [2.75, 3.05) is 13.1 Å². The summed E-state index contributed by atoms with van der Waals surface area (Å²) in [6.45, 7) is 5.25. The number of nitrogens with zero attached hydrogens (tertiary/aromatic N) is 1. The Balaban J connectivity index is 2.22. The first-order valence-electron chi connectivity index (χ1n) is 5.67. The Morgan fingerprint density at radius 2 is 2.41 bits per heavy atom. The number of aromatic nitrogens is 1. The summed E-state index contributed by atoms with van der Waals surface area (Å²) in [5.74, 6) is -0.829. The predicted octanol–water partition coefficient (Wildman–Crippen LogP) is 2.00. The van der Waals surface area contributed by atoms with E-state index in [-0.39, 0.29) is 0 Å². The third-order valence-corrected chi connectivity index (χ3v) is 3.20. The molecule has 0 radical (unpaired) electrons. The summed E-state index contributed by atoms with van der Waals surface area (Å²) in [4.78, 5) is 15.1. The molecule has 0 atom stereocenters. The highest BCUT2D eigenvalue weighted by atomic mass is 32.1. The van der Waals surface area contributed by atoms with E-state index in [1.165, 1.54) is 0 Å². The third kappa shape index (κ3) is 5.10. The summed E-state index contributed by atoms with van der Waals surface area (Å²) in [6.07, 6.45) is 3.17. The van der Waals surface area contributed by atoms with Crippen LogP contribution in [0.3, 0.4) is 0 Å². The Bertz CT molecular complexity index is 399. The largest absolute Gasteiger partial charge is 0.478 e. The minimum absolute atomic E-state index is 0.460. The molecular formula is C12H18N2O2S. The molecule has 0 bridgehead atoms. The van der Waals surface area contributed by atoms with E-state index in [1.54, 1.807) is 17.4 Å². The molecule has 2 N–H and O–H groups in total. The SMILES string of the molecule is CCC(=CCNCCc1csc(C)n1)C(=O)O. The number of hydrogen-bond acceptors (Lipinski definition) is 4. The fraction of sp³-hybridized carbons (Fsp3) is 0.500. The molecule has 4 nitrogen and oxygen atoms in total. The van der Waals surface area contributed by atoms with E-state index in [9.17, 15) is 4.79 Å². The van der Waals surface area contributed by atoms with Gasteiger partial charge in [-0.25, -0.2) is 9.78 Å². The van der Waals surface area contributed by atoms with Crippen LogP contribution in [-0.2, 0) is 11.2 Å². The highest BCUT2D eigenvalue weighted by molar-refractivity contribution is 7.09. The summed E-state index contributed by atoms with van der Waals surface area (Å²) in [6, 6.07) is 0. The molecule has 1 heterocycles. The fourth-order valence-corrected chi connectivity index (χ4v) is 2.07. The smallest absolute Gasteiger partial charge is 0.331 e. The molecule has 0 unspecified atom stereocenters. The molecule has 94 valence electrons. The number of carboxylic acid groups (broad SMARTS) is 1. The maximum absolute atomic E-state index is 10.7. The molecule has 0 aliphatic heterocycles. The Morgan fingerprint density at radius 3 is 2.94 bits per heavy atom. The van der Waals surface area contributed by atoms with Crippen LogP contribution in [0.2, 0.25) is 0 Å². The minimum Gasteiger partial charge on any atom is -0.478 e. The van der Waals surface area contributed by atoms with Crippen LogP contribution < -0.4 is 5.32 Å². The topological polar surface area (TPSA) is 62.2 Å². The number of aliphatic carboxylic acids is 1. The Morgan fingerprint density at radius 1 is 1.65 bits per heavy atom. The molecule has 1 rings (SSSR count). The van der Waals surface area contributed by atoms with Crippen molar-refractivity contribution >= 4 is 17.3 Å². The number of thiazole rings is 1. The molecule has 0 fully saturated rings. The van der Waals surface area contributed by atoms with E-state index >= 15 is 0 Å². The average Bonchev–Trinajstić information content (AvgIpc) is 2.69. The number of rotatable bonds is 7. The van der Waals surface area contributed by atoms with Crippen LogP contribution >= 0.6 is 11.3 Å². The molecule has 1 aromatic rings. The molecule has 0 saturated heterocycles. The zero-order chi connectivity index (χ0) is 12.7. The Hall–Kier alpha value is -1.20. The van der Waals surface area contributed by atoms with Crippen molar-refractivity contribution in [1.82, 2.24) is 10.3 Å². The van der Waals surface area contributed by atoms with E-state index in [1.807, 2.05) is 13.8 Å². The first-order chi connectivity index (χ1) is 8.13. The van der Waals surface area contributed by atoms with E-state index in [2.05, 4.69) is 15.7 Å². The maximum Gasteiger partial charge on any atom is 0.331 e. The summed E-state index contributed by atoms with van der Waals surface area (Å²) in [7, 11) is 0.